The van der Waals surface area contributed by atoms with Gasteiger partial charge in [0.25, 0.3) is 5.91 Å². The summed E-state index contributed by atoms with van der Waals surface area (Å²) in [6.07, 6.45) is 0. The molecule has 1 amide bonds. The van der Waals surface area contributed by atoms with E-state index in [-0.39, 0.29) is 17.9 Å². The molecule has 0 atom stereocenters. The molecule has 2 aromatic carbocycles. The second-order valence-corrected chi connectivity index (χ2v) is 6.34. The van der Waals surface area contributed by atoms with Crippen LogP contribution in [0.4, 0.5) is 8.78 Å². The molecule has 28 heavy (non-hydrogen) atoms. The molecule has 0 aliphatic carbocycles. The normalized spacial score (nSPS) is 11.2. The first-order chi connectivity index (χ1) is 13.5. The number of alkyl halides is 2. The Morgan fingerprint density at radius 2 is 1.96 bits per heavy atom. The summed E-state index contributed by atoms with van der Waals surface area (Å²) in [5.74, 6) is -0.703. The maximum Gasteiger partial charge on any atom is 0.387 e. The van der Waals surface area contributed by atoms with E-state index in [9.17, 15) is 13.6 Å². The molecule has 0 radical (unpaired) electrons. The van der Waals surface area contributed by atoms with Gasteiger partial charge in [-0.2, -0.15) is 8.78 Å². The fourth-order valence-electron chi connectivity index (χ4n) is 2.97. The lowest BCUT2D eigenvalue weighted by molar-refractivity contribution is -0.0501. The Balaban J connectivity index is 1.60. The van der Waals surface area contributed by atoms with Gasteiger partial charge in [-0.25, -0.2) is 9.50 Å². The van der Waals surface area contributed by atoms with Crippen molar-refractivity contribution in [1.29, 1.82) is 0 Å². The molecule has 2 aromatic heterocycles. The van der Waals surface area contributed by atoms with Crippen LogP contribution in [0, 0.1) is 4.77 Å². The number of fused-ring (bicyclic) bond motifs is 3. The van der Waals surface area contributed by atoms with Crippen molar-refractivity contribution in [3.63, 3.8) is 0 Å². The van der Waals surface area contributed by atoms with Gasteiger partial charge in [-0.05, 0) is 36.5 Å². The quantitative estimate of drug-likeness (QED) is 0.496. The Morgan fingerprint density at radius 1 is 1.21 bits per heavy atom. The zero-order chi connectivity index (χ0) is 19.7. The van der Waals surface area contributed by atoms with Crippen LogP contribution >= 0.6 is 12.2 Å². The molecular formula is C19H14F2N4O2S. The summed E-state index contributed by atoms with van der Waals surface area (Å²) in [5.41, 5.74) is 2.33. The molecule has 0 unspecified atom stereocenters. The lowest BCUT2D eigenvalue weighted by Crippen LogP contribution is -2.24. The average Bonchev–Trinajstić information content (AvgIpc) is 3.11. The highest BCUT2D eigenvalue weighted by atomic mass is 32.1. The van der Waals surface area contributed by atoms with Crippen LogP contribution in [0.3, 0.4) is 0 Å². The van der Waals surface area contributed by atoms with Crippen LogP contribution in [-0.4, -0.2) is 27.1 Å². The summed E-state index contributed by atoms with van der Waals surface area (Å²) in [4.78, 5) is 16.8. The molecule has 0 aliphatic rings. The van der Waals surface area contributed by atoms with E-state index in [1.165, 1.54) is 18.2 Å². The third-order valence-electron chi connectivity index (χ3n) is 4.18. The number of hydrogen-bond acceptors (Lipinski definition) is 4. The first-order valence-electron chi connectivity index (χ1n) is 8.34. The summed E-state index contributed by atoms with van der Waals surface area (Å²) < 4.78 is 31.5. The number of aromatic nitrogens is 3. The minimum Gasteiger partial charge on any atom is -0.434 e. The molecule has 4 aromatic rings. The molecule has 0 saturated heterocycles. The number of H-pyrrole nitrogens is 1. The number of nitrogens with zero attached hydrogens (tertiary/aromatic N) is 2. The number of carbonyl (C=O) groups is 1. The SMILES string of the molecule is O=C(NCc1cc2c3ccccc3nc(=S)n2[nH]1)c1ccccc1OC(F)F. The lowest BCUT2D eigenvalue weighted by atomic mass is 10.2. The number of rotatable bonds is 5. The molecule has 6 nitrogen and oxygen atoms in total. The minimum atomic E-state index is -3.01. The second kappa shape index (κ2) is 7.35. The fourth-order valence-corrected chi connectivity index (χ4v) is 3.21. The zero-order valence-corrected chi connectivity index (χ0v) is 15.2. The Bertz CT molecular complexity index is 1240. The topological polar surface area (TPSA) is 71.4 Å². The third kappa shape index (κ3) is 3.44. The molecule has 0 bridgehead atoms. The van der Waals surface area contributed by atoms with Gasteiger partial charge in [0.2, 0.25) is 4.77 Å². The first kappa shape index (κ1) is 18.1. The van der Waals surface area contributed by atoms with Crippen molar-refractivity contribution in [2.45, 2.75) is 13.2 Å². The Hall–Kier alpha value is -3.33. The summed E-state index contributed by atoms with van der Waals surface area (Å²) >= 11 is 5.31. The van der Waals surface area contributed by atoms with Gasteiger partial charge in [0, 0.05) is 5.39 Å². The minimum absolute atomic E-state index is 0.0302. The van der Waals surface area contributed by atoms with Crippen molar-refractivity contribution in [1.82, 2.24) is 19.9 Å². The van der Waals surface area contributed by atoms with Gasteiger partial charge in [-0.15, -0.1) is 0 Å². The van der Waals surface area contributed by atoms with E-state index in [2.05, 4.69) is 20.1 Å². The van der Waals surface area contributed by atoms with Crippen LogP contribution in [0.1, 0.15) is 16.1 Å². The number of benzene rings is 2. The van der Waals surface area contributed by atoms with E-state index in [0.29, 0.717) is 10.5 Å². The standard InChI is InChI=1S/C19H14F2N4O2S/c20-18(21)27-16-8-4-2-6-13(16)17(26)22-10-11-9-15-12-5-1-3-7-14(12)23-19(28)25(15)24-11/h1-9,18,24H,10H2,(H,22,26). The van der Waals surface area contributed by atoms with E-state index in [0.717, 1.165) is 16.4 Å². The van der Waals surface area contributed by atoms with Crippen molar-refractivity contribution < 1.29 is 18.3 Å². The summed E-state index contributed by atoms with van der Waals surface area (Å²) in [6, 6.07) is 15.3. The van der Waals surface area contributed by atoms with Gasteiger partial charge in [-0.1, -0.05) is 30.3 Å². The maximum atomic E-state index is 12.5. The van der Waals surface area contributed by atoms with Crippen LogP contribution in [0.2, 0.25) is 0 Å². The number of nitrogens with one attached hydrogen (secondary N) is 2. The van der Waals surface area contributed by atoms with Crippen molar-refractivity contribution in [2.75, 3.05) is 0 Å². The largest absolute Gasteiger partial charge is 0.434 e. The van der Waals surface area contributed by atoms with Gasteiger partial charge >= 0.3 is 6.61 Å². The average molecular weight is 400 g/mol. The molecule has 0 saturated carbocycles. The predicted molar refractivity (Wildman–Crippen MR) is 102 cm³/mol. The van der Waals surface area contributed by atoms with Crippen LogP contribution in [0.5, 0.6) is 5.75 Å². The van der Waals surface area contributed by atoms with E-state index in [1.54, 1.807) is 10.6 Å². The highest BCUT2D eigenvalue weighted by molar-refractivity contribution is 7.71. The third-order valence-corrected chi connectivity index (χ3v) is 4.46. The van der Waals surface area contributed by atoms with Crippen molar-refractivity contribution in [3.05, 3.63) is 70.6 Å². The molecule has 9 heteroatoms. The van der Waals surface area contributed by atoms with Crippen LogP contribution in [-0.2, 0) is 6.54 Å². The molecule has 0 fully saturated rings. The number of amides is 1. The number of carbonyl (C=O) groups excluding carboxylic acids is 1. The molecule has 4 rings (SSSR count). The van der Waals surface area contributed by atoms with Crippen molar-refractivity contribution >= 4 is 34.5 Å². The fraction of sp³-hybridized carbons (Fsp3) is 0.105. The van der Waals surface area contributed by atoms with Gasteiger partial charge < -0.3 is 10.1 Å². The first-order valence-corrected chi connectivity index (χ1v) is 8.75. The second-order valence-electron chi connectivity index (χ2n) is 5.97. The summed E-state index contributed by atoms with van der Waals surface area (Å²) in [7, 11) is 0. The molecule has 142 valence electrons. The molecule has 2 N–H and O–H groups in total. The van der Waals surface area contributed by atoms with E-state index in [4.69, 9.17) is 12.2 Å². The van der Waals surface area contributed by atoms with Crippen LogP contribution in [0.15, 0.2) is 54.6 Å². The number of hydrogen-bond donors (Lipinski definition) is 2. The highest BCUT2D eigenvalue weighted by Crippen LogP contribution is 2.21. The maximum absolute atomic E-state index is 12.5. The number of halogens is 2. The van der Waals surface area contributed by atoms with Gasteiger partial charge in [0.1, 0.15) is 5.75 Å². The van der Waals surface area contributed by atoms with Crippen molar-refractivity contribution in [3.8, 4) is 5.75 Å². The molecule has 0 spiro atoms. The molecular weight excluding hydrogens is 386 g/mol. The van der Waals surface area contributed by atoms with E-state index < -0.39 is 12.5 Å². The van der Waals surface area contributed by atoms with E-state index >= 15 is 0 Å². The summed E-state index contributed by atoms with van der Waals surface area (Å²) in [5, 5.41) is 6.71. The number of ether oxygens (including phenoxy) is 1. The Morgan fingerprint density at radius 3 is 2.79 bits per heavy atom. The van der Waals surface area contributed by atoms with Gasteiger partial charge in [0.15, 0.2) is 0 Å². The van der Waals surface area contributed by atoms with E-state index in [1.807, 2.05) is 30.3 Å². The highest BCUT2D eigenvalue weighted by Gasteiger charge is 2.15. The van der Waals surface area contributed by atoms with Gasteiger partial charge in [-0.3, -0.25) is 9.89 Å². The lowest BCUT2D eigenvalue weighted by Gasteiger charge is -2.10. The van der Waals surface area contributed by atoms with Crippen molar-refractivity contribution in [2.24, 2.45) is 0 Å². The van der Waals surface area contributed by atoms with Crippen LogP contribution < -0.4 is 10.1 Å². The molecule has 2 heterocycles. The van der Waals surface area contributed by atoms with Crippen LogP contribution in [0.25, 0.3) is 16.4 Å². The monoisotopic (exact) mass is 400 g/mol. The number of aromatic amines is 1. The summed E-state index contributed by atoms with van der Waals surface area (Å²) in [6.45, 7) is -2.86. The van der Waals surface area contributed by atoms with Gasteiger partial charge in [0.05, 0.1) is 28.8 Å². The Kier molecular flexibility index (Phi) is 4.74. The Labute approximate surface area is 162 Å². The predicted octanol–water partition coefficient (Wildman–Crippen LogP) is 4.08. The number of para-hydroxylation sites is 2. The zero-order valence-electron chi connectivity index (χ0n) is 14.4. The smallest absolute Gasteiger partial charge is 0.387 e. The molecule has 0 aliphatic heterocycles.